The quantitative estimate of drug-likeness (QED) is 0.776. The minimum Gasteiger partial charge on any atom is -0.395 e. The highest BCUT2D eigenvalue weighted by molar-refractivity contribution is 7.89. The molecule has 0 saturated carbocycles. The molecule has 1 aliphatic heterocycles. The van der Waals surface area contributed by atoms with E-state index in [-0.39, 0.29) is 22.6 Å². The van der Waals surface area contributed by atoms with E-state index in [1.54, 1.807) is 0 Å². The molecule has 0 bridgehead atoms. The minimum absolute atomic E-state index is 0.212. The second kappa shape index (κ2) is 5.10. The van der Waals surface area contributed by atoms with Crippen LogP contribution in [0.2, 0.25) is 5.02 Å². The van der Waals surface area contributed by atoms with E-state index in [0.717, 1.165) is 18.2 Å². The summed E-state index contributed by atoms with van der Waals surface area (Å²) in [6.07, 6.45) is -0.330. The Morgan fingerprint density at radius 1 is 1.61 bits per heavy atom. The highest BCUT2D eigenvalue weighted by Crippen LogP contribution is 2.23. The minimum atomic E-state index is -3.91. The van der Waals surface area contributed by atoms with Crippen molar-refractivity contribution in [2.24, 2.45) is 0 Å². The van der Waals surface area contributed by atoms with Gasteiger partial charge in [-0.1, -0.05) is 11.6 Å². The van der Waals surface area contributed by atoms with Gasteiger partial charge in [-0.05, 0) is 18.2 Å². The van der Waals surface area contributed by atoms with Gasteiger partial charge in [0.15, 0.2) is 0 Å². The van der Waals surface area contributed by atoms with Crippen LogP contribution >= 0.6 is 11.6 Å². The predicted molar refractivity (Wildman–Crippen MR) is 62.3 cm³/mol. The van der Waals surface area contributed by atoms with E-state index in [2.05, 4.69) is 4.72 Å². The third-order valence-corrected chi connectivity index (χ3v) is 4.47. The lowest BCUT2D eigenvalue weighted by Crippen LogP contribution is -2.41. The van der Waals surface area contributed by atoms with Crippen LogP contribution in [0.4, 0.5) is 4.39 Å². The number of ether oxygens (including phenoxy) is 1. The van der Waals surface area contributed by atoms with E-state index in [4.69, 9.17) is 21.4 Å². The first-order chi connectivity index (χ1) is 8.44. The molecular formula is C10H11ClFNO4S. The molecule has 2 N–H and O–H groups in total. The van der Waals surface area contributed by atoms with Gasteiger partial charge >= 0.3 is 0 Å². The van der Waals surface area contributed by atoms with Crippen LogP contribution in [0.25, 0.3) is 0 Å². The normalized spacial score (nSPS) is 20.7. The second-order valence-electron chi connectivity index (χ2n) is 3.86. The Kier molecular flexibility index (Phi) is 3.88. The average molecular weight is 296 g/mol. The second-order valence-corrected chi connectivity index (χ2v) is 5.95. The lowest BCUT2D eigenvalue weighted by atomic mass is 10.2. The van der Waals surface area contributed by atoms with Crippen molar-refractivity contribution in [2.75, 3.05) is 13.2 Å². The zero-order chi connectivity index (χ0) is 13.3. The van der Waals surface area contributed by atoms with Crippen molar-refractivity contribution in [3.05, 3.63) is 29.0 Å². The fourth-order valence-electron chi connectivity index (χ4n) is 1.47. The van der Waals surface area contributed by atoms with Crippen LogP contribution in [0.5, 0.6) is 0 Å². The maximum atomic E-state index is 12.8. The molecule has 1 aromatic carbocycles. The molecule has 8 heteroatoms. The summed E-state index contributed by atoms with van der Waals surface area (Å²) in [4.78, 5) is -0.232. The number of epoxide rings is 1. The Labute approximate surface area is 109 Å². The monoisotopic (exact) mass is 295 g/mol. The molecule has 0 unspecified atom stereocenters. The van der Waals surface area contributed by atoms with Crippen molar-refractivity contribution >= 4 is 21.6 Å². The van der Waals surface area contributed by atoms with Gasteiger partial charge in [0, 0.05) is 0 Å². The van der Waals surface area contributed by atoms with Crippen LogP contribution in [0.1, 0.15) is 0 Å². The lowest BCUT2D eigenvalue weighted by Gasteiger charge is -2.14. The van der Waals surface area contributed by atoms with Gasteiger partial charge in [-0.2, -0.15) is 0 Å². The molecule has 1 heterocycles. The van der Waals surface area contributed by atoms with Crippen molar-refractivity contribution in [3.8, 4) is 0 Å². The maximum Gasteiger partial charge on any atom is 0.242 e. The van der Waals surface area contributed by atoms with Crippen LogP contribution in [0, 0.1) is 5.82 Å². The van der Waals surface area contributed by atoms with E-state index < -0.39 is 21.9 Å². The fraction of sp³-hybridized carbons (Fsp3) is 0.400. The third-order valence-electron chi connectivity index (χ3n) is 2.49. The molecule has 1 fully saturated rings. The van der Waals surface area contributed by atoms with Crippen LogP contribution in [0.3, 0.4) is 0 Å². The molecule has 1 aliphatic rings. The third kappa shape index (κ3) is 2.99. The first kappa shape index (κ1) is 13.7. The number of aliphatic hydroxyl groups is 1. The lowest BCUT2D eigenvalue weighted by molar-refractivity contribution is 0.227. The fourth-order valence-corrected chi connectivity index (χ4v) is 3.26. The van der Waals surface area contributed by atoms with Crippen LogP contribution in [-0.2, 0) is 14.8 Å². The number of nitrogens with one attached hydrogen (secondary N) is 1. The van der Waals surface area contributed by atoms with Gasteiger partial charge in [0.1, 0.15) is 10.7 Å². The van der Waals surface area contributed by atoms with Gasteiger partial charge in [0.25, 0.3) is 0 Å². The molecular weight excluding hydrogens is 285 g/mol. The number of benzene rings is 1. The van der Waals surface area contributed by atoms with Gasteiger partial charge in [-0.15, -0.1) is 0 Å². The van der Waals surface area contributed by atoms with Crippen LogP contribution in [0.15, 0.2) is 23.1 Å². The first-order valence-electron chi connectivity index (χ1n) is 5.14. The summed E-state index contributed by atoms with van der Waals surface area (Å²) >= 11 is 5.68. The molecule has 0 amide bonds. The first-order valence-corrected chi connectivity index (χ1v) is 7.00. The Bertz CT molecular complexity index is 547. The van der Waals surface area contributed by atoms with Crippen molar-refractivity contribution in [2.45, 2.75) is 17.0 Å². The smallest absolute Gasteiger partial charge is 0.242 e. The Hall–Kier alpha value is -0.730. The van der Waals surface area contributed by atoms with Crippen LogP contribution < -0.4 is 4.72 Å². The number of sulfonamides is 1. The summed E-state index contributed by atoms with van der Waals surface area (Å²) in [5.74, 6) is -0.622. The van der Waals surface area contributed by atoms with Gasteiger partial charge in [0.05, 0.1) is 30.4 Å². The molecule has 0 spiro atoms. The molecule has 5 nitrogen and oxygen atoms in total. The largest absolute Gasteiger partial charge is 0.395 e. The number of hydrogen-bond acceptors (Lipinski definition) is 4. The van der Waals surface area contributed by atoms with E-state index >= 15 is 0 Å². The van der Waals surface area contributed by atoms with E-state index in [9.17, 15) is 12.8 Å². The van der Waals surface area contributed by atoms with Gasteiger partial charge < -0.3 is 9.84 Å². The molecule has 2 atom stereocenters. The molecule has 18 heavy (non-hydrogen) atoms. The van der Waals surface area contributed by atoms with Crippen LogP contribution in [-0.4, -0.2) is 38.9 Å². The highest BCUT2D eigenvalue weighted by Gasteiger charge is 2.35. The SMILES string of the molecule is O=S(=O)(N[C@@H](CO)[C@H]1CO1)c1ccc(F)cc1Cl. The summed E-state index contributed by atoms with van der Waals surface area (Å²) in [6.45, 7) is 0.00755. The number of halogens is 2. The topological polar surface area (TPSA) is 78.9 Å². The van der Waals surface area contributed by atoms with Gasteiger partial charge in [-0.3, -0.25) is 0 Å². The average Bonchev–Trinajstić information content (AvgIpc) is 3.09. The van der Waals surface area contributed by atoms with Crippen molar-refractivity contribution < 1.29 is 22.7 Å². The molecule has 100 valence electrons. The highest BCUT2D eigenvalue weighted by atomic mass is 35.5. The zero-order valence-electron chi connectivity index (χ0n) is 9.14. The van der Waals surface area contributed by atoms with Gasteiger partial charge in [-0.25, -0.2) is 17.5 Å². The summed E-state index contributed by atoms with van der Waals surface area (Å²) in [7, 11) is -3.91. The number of rotatable bonds is 5. The zero-order valence-corrected chi connectivity index (χ0v) is 10.7. The molecule has 2 rings (SSSR count). The van der Waals surface area contributed by atoms with Crippen molar-refractivity contribution in [1.29, 1.82) is 0 Å². The van der Waals surface area contributed by atoms with Gasteiger partial charge in [0.2, 0.25) is 10.0 Å². The Morgan fingerprint density at radius 2 is 2.28 bits per heavy atom. The summed E-state index contributed by atoms with van der Waals surface area (Å²) in [5.41, 5.74) is 0. The van der Waals surface area contributed by atoms with Crippen molar-refractivity contribution in [3.63, 3.8) is 0 Å². The van der Waals surface area contributed by atoms with E-state index in [1.165, 1.54) is 0 Å². The molecule has 0 aliphatic carbocycles. The molecule has 0 radical (unpaired) electrons. The summed E-state index contributed by atoms with van der Waals surface area (Å²) in [6, 6.07) is 2.26. The molecule has 0 aromatic heterocycles. The van der Waals surface area contributed by atoms with Crippen molar-refractivity contribution in [1.82, 2.24) is 4.72 Å². The summed E-state index contributed by atoms with van der Waals surface area (Å²) in [5, 5.41) is 8.85. The summed E-state index contributed by atoms with van der Waals surface area (Å²) < 4.78 is 44.0. The molecule has 1 saturated heterocycles. The van der Waals surface area contributed by atoms with E-state index in [1.807, 2.05) is 0 Å². The number of hydrogen-bond donors (Lipinski definition) is 2. The predicted octanol–water partition coefficient (Wildman–Crippen LogP) is 0.517. The maximum absolute atomic E-state index is 12.8. The Balaban J connectivity index is 2.24. The number of aliphatic hydroxyl groups excluding tert-OH is 1. The van der Waals surface area contributed by atoms with E-state index in [0.29, 0.717) is 6.61 Å². The Morgan fingerprint density at radius 3 is 2.78 bits per heavy atom. The standard InChI is InChI=1S/C10H11ClFNO4S/c11-7-3-6(12)1-2-10(7)18(15,16)13-8(4-14)9-5-17-9/h1-3,8-9,13-14H,4-5H2/t8-,9+/m0/s1. The molecule has 1 aromatic rings.